The lowest BCUT2D eigenvalue weighted by atomic mass is 9.97. The van der Waals surface area contributed by atoms with E-state index in [9.17, 15) is 24.3 Å². The van der Waals surface area contributed by atoms with Crippen molar-refractivity contribution in [3.8, 4) is 22.8 Å². The van der Waals surface area contributed by atoms with Crippen LogP contribution >= 0.6 is 34.2 Å². The van der Waals surface area contributed by atoms with Crippen molar-refractivity contribution in [2.45, 2.75) is 38.5 Å². The van der Waals surface area contributed by atoms with E-state index in [0.29, 0.717) is 79.3 Å². The lowest BCUT2D eigenvalue weighted by molar-refractivity contribution is -0.137. The first-order valence-electron chi connectivity index (χ1n) is 17.8. The van der Waals surface area contributed by atoms with Gasteiger partial charge in [-0.25, -0.2) is 0 Å². The van der Waals surface area contributed by atoms with Gasteiger partial charge in [0.2, 0.25) is 5.91 Å². The predicted octanol–water partition coefficient (Wildman–Crippen LogP) is 5.24. The van der Waals surface area contributed by atoms with E-state index in [0.717, 1.165) is 14.2 Å². The highest BCUT2D eigenvalue weighted by atomic mass is 127. The van der Waals surface area contributed by atoms with Crippen molar-refractivity contribution in [3.63, 3.8) is 0 Å². The number of carbonyl (C=O) groups is 3. The Morgan fingerprint density at radius 1 is 0.909 bits per heavy atom. The molecule has 55 heavy (non-hydrogen) atoms. The number of amides is 3. The fraction of sp³-hybridized carbons (Fsp3) is 0.385. The Labute approximate surface area is 335 Å². The first kappa shape index (κ1) is 40.4. The van der Waals surface area contributed by atoms with Crippen molar-refractivity contribution in [2.75, 3.05) is 64.7 Å². The van der Waals surface area contributed by atoms with E-state index < -0.39 is 29.5 Å². The molecule has 0 radical (unpaired) electrons. The molecule has 2 aliphatic rings. The third-order valence-corrected chi connectivity index (χ3v) is 10.1. The maximum Gasteiger partial charge on any atom is 0.266 e. The van der Waals surface area contributed by atoms with Gasteiger partial charge in [0.05, 0.1) is 71.4 Å². The van der Waals surface area contributed by atoms with Crippen molar-refractivity contribution >= 4 is 68.6 Å². The average molecular weight is 890 g/mol. The summed E-state index contributed by atoms with van der Waals surface area (Å²) in [4.78, 5) is 52.7. The van der Waals surface area contributed by atoms with E-state index in [4.69, 9.17) is 39.7 Å². The van der Waals surface area contributed by atoms with Crippen LogP contribution in [-0.4, -0.2) is 98.9 Å². The molecule has 3 N–H and O–H groups in total. The maximum atomic E-state index is 13.3. The molecule has 4 aromatic rings. The normalized spacial score (nSPS) is 18.1. The number of piperidine rings is 1. The molecule has 6 rings (SSSR count). The second-order valence-electron chi connectivity index (χ2n) is 13.0. The minimum atomic E-state index is -1.38. The Morgan fingerprint density at radius 3 is 2.35 bits per heavy atom. The summed E-state index contributed by atoms with van der Waals surface area (Å²) in [6.45, 7) is 6.60. The summed E-state index contributed by atoms with van der Waals surface area (Å²) in [5.41, 5.74) is 0.533. The number of halogens is 2. The summed E-state index contributed by atoms with van der Waals surface area (Å²) in [6, 6.07) is 14.1. The van der Waals surface area contributed by atoms with E-state index >= 15 is 0 Å². The Kier molecular flexibility index (Phi) is 13.3. The summed E-state index contributed by atoms with van der Waals surface area (Å²) >= 11 is 8.72. The van der Waals surface area contributed by atoms with Gasteiger partial charge in [0, 0.05) is 29.9 Å². The molecule has 1 aromatic heterocycles. The van der Waals surface area contributed by atoms with Crippen LogP contribution in [0.5, 0.6) is 11.5 Å². The lowest BCUT2D eigenvalue weighted by Crippen LogP contribution is -2.60. The molecule has 1 saturated heterocycles. The van der Waals surface area contributed by atoms with E-state index in [-0.39, 0.29) is 48.4 Å². The smallest absolute Gasteiger partial charge is 0.266 e. The van der Waals surface area contributed by atoms with E-state index in [1.807, 2.05) is 13.0 Å². The van der Waals surface area contributed by atoms with Gasteiger partial charge in [0.25, 0.3) is 11.8 Å². The van der Waals surface area contributed by atoms with Crippen LogP contribution in [0.1, 0.15) is 47.4 Å². The van der Waals surface area contributed by atoms with Crippen molar-refractivity contribution in [2.24, 2.45) is 0 Å². The Bertz CT molecular complexity index is 2120. The van der Waals surface area contributed by atoms with Gasteiger partial charge in [-0.3, -0.25) is 24.1 Å². The predicted molar refractivity (Wildman–Crippen MR) is 212 cm³/mol. The number of hydrogen-bond acceptors (Lipinski definition) is 12. The van der Waals surface area contributed by atoms with Crippen LogP contribution in [0.3, 0.4) is 0 Å². The Balaban J connectivity index is 0.848. The molecule has 0 bridgehead atoms. The minimum absolute atomic E-state index is 0.109. The van der Waals surface area contributed by atoms with Gasteiger partial charge >= 0.3 is 0 Å². The Morgan fingerprint density at radius 2 is 1.64 bits per heavy atom. The second-order valence-corrected chi connectivity index (χ2v) is 14.5. The molecule has 16 heteroatoms. The molecule has 1 fully saturated rings. The zero-order valence-corrected chi connectivity index (χ0v) is 33.2. The fourth-order valence-electron chi connectivity index (χ4n) is 6.28. The monoisotopic (exact) mass is 889 g/mol. The van der Waals surface area contributed by atoms with Crippen LogP contribution in [0.25, 0.3) is 22.3 Å². The lowest BCUT2D eigenvalue weighted by Gasteiger charge is -2.36. The van der Waals surface area contributed by atoms with Gasteiger partial charge in [0.15, 0.2) is 5.43 Å². The van der Waals surface area contributed by atoms with Crippen LogP contribution in [-0.2, 0) is 19.0 Å². The number of ether oxygens (including phenoxy) is 5. The quantitative estimate of drug-likeness (QED) is 0.0675. The molecule has 3 heterocycles. The van der Waals surface area contributed by atoms with Crippen molar-refractivity contribution < 1.29 is 47.6 Å². The SMILES string of the molecule is CCOc1cc2oc(-c3ccc(NCCOCCOCCOCCOc4cccc5c4C(=O)N(C4CCC(C)(O)NC4=O)C5=O)cc3Cl)cc(=O)c2cc1I. The summed E-state index contributed by atoms with van der Waals surface area (Å²) in [7, 11) is 0. The number of anilines is 1. The number of hydrogen-bond donors (Lipinski definition) is 3. The summed E-state index contributed by atoms with van der Waals surface area (Å²) in [6.07, 6.45) is 0.356. The van der Waals surface area contributed by atoms with Gasteiger partial charge in [-0.15, -0.1) is 0 Å². The number of fused-ring (bicyclic) bond motifs is 2. The minimum Gasteiger partial charge on any atom is -0.493 e. The number of aliphatic hydroxyl groups is 1. The molecule has 3 amide bonds. The number of benzene rings is 3. The zero-order chi connectivity index (χ0) is 39.1. The van der Waals surface area contributed by atoms with Crippen molar-refractivity contribution in [1.29, 1.82) is 0 Å². The van der Waals surface area contributed by atoms with Crippen molar-refractivity contribution in [3.05, 3.63) is 84.5 Å². The third-order valence-electron chi connectivity index (χ3n) is 8.94. The molecule has 14 nitrogen and oxygen atoms in total. The molecule has 2 atom stereocenters. The molecule has 2 aliphatic heterocycles. The summed E-state index contributed by atoms with van der Waals surface area (Å²) < 4.78 is 35.1. The molecule has 2 unspecified atom stereocenters. The van der Waals surface area contributed by atoms with Crippen LogP contribution in [0, 0.1) is 3.57 Å². The first-order chi connectivity index (χ1) is 26.5. The molecule has 3 aromatic carbocycles. The number of nitrogens with one attached hydrogen (secondary N) is 2. The molecule has 0 spiro atoms. The molecule has 0 aliphatic carbocycles. The largest absolute Gasteiger partial charge is 0.493 e. The van der Waals surface area contributed by atoms with Gasteiger partial charge in [-0.2, -0.15) is 0 Å². The highest BCUT2D eigenvalue weighted by molar-refractivity contribution is 14.1. The van der Waals surface area contributed by atoms with Crippen LogP contribution in [0.4, 0.5) is 5.69 Å². The van der Waals surface area contributed by atoms with Crippen LogP contribution < -0.4 is 25.5 Å². The van der Waals surface area contributed by atoms with Gasteiger partial charge in [-0.05, 0) is 85.7 Å². The van der Waals surface area contributed by atoms with Gasteiger partial charge < -0.3 is 43.8 Å². The van der Waals surface area contributed by atoms with Gasteiger partial charge in [-0.1, -0.05) is 17.7 Å². The number of rotatable bonds is 18. The number of carbonyl (C=O) groups excluding carboxylic acids is 3. The fourth-order valence-corrected chi connectivity index (χ4v) is 7.18. The van der Waals surface area contributed by atoms with Crippen molar-refractivity contribution in [1.82, 2.24) is 10.2 Å². The van der Waals surface area contributed by atoms with Crippen LogP contribution in [0.2, 0.25) is 5.02 Å². The molecular formula is C39H41ClIN3O11. The molecule has 0 saturated carbocycles. The maximum absolute atomic E-state index is 13.3. The van der Waals surface area contributed by atoms with Crippen LogP contribution in [0.15, 0.2) is 63.8 Å². The van der Waals surface area contributed by atoms with E-state index in [2.05, 4.69) is 33.2 Å². The highest BCUT2D eigenvalue weighted by Crippen LogP contribution is 2.35. The topological polar surface area (TPSA) is 175 Å². The average Bonchev–Trinajstić information content (AvgIpc) is 3.40. The molecular weight excluding hydrogens is 849 g/mol. The second kappa shape index (κ2) is 18.1. The van der Waals surface area contributed by atoms with Gasteiger partial charge in [0.1, 0.15) is 41.2 Å². The summed E-state index contributed by atoms with van der Waals surface area (Å²) in [5, 5.41) is 16.7. The number of imide groups is 1. The van der Waals surface area contributed by atoms with E-state index in [1.165, 1.54) is 19.1 Å². The third kappa shape index (κ3) is 9.59. The standard InChI is InChI=1S/C39H41ClIN3O11/c1-3-53-34-22-33-26(20-28(34)41)30(45)21-32(55-33)24-8-7-23(19-27(24)40)42-11-12-50-13-14-51-15-16-52-17-18-54-31-6-4-5-25-35(31)38(48)44(37(25)47)29-9-10-39(2,49)43-36(29)46/h4-8,19-22,29,42,49H,3,9-18H2,1-2H3,(H,43,46). The first-order valence-corrected chi connectivity index (χ1v) is 19.3. The summed E-state index contributed by atoms with van der Waals surface area (Å²) in [5.74, 6) is -0.510. The Hall–Kier alpha value is -4.26. The number of nitrogens with zero attached hydrogens (tertiary/aromatic N) is 1. The van der Waals surface area contributed by atoms with E-state index in [1.54, 1.807) is 36.4 Å². The zero-order valence-electron chi connectivity index (χ0n) is 30.3. The molecule has 292 valence electrons. The highest BCUT2D eigenvalue weighted by Gasteiger charge is 2.47.